The quantitative estimate of drug-likeness (QED) is 0.661. The van der Waals surface area contributed by atoms with Crippen LogP contribution in [0.3, 0.4) is 0 Å². The standard InChI is InChI=1S/C13H15FN2O4/c1-13(18)5-2-6-15(8-13)12(17)10-7-9(14)3-4-11(10)16(19)20/h3-4,7,18H,2,5-6,8H2,1H3. The van der Waals surface area contributed by atoms with Crippen molar-refractivity contribution < 1.29 is 19.2 Å². The molecule has 1 heterocycles. The summed E-state index contributed by atoms with van der Waals surface area (Å²) in [5.41, 5.74) is -1.73. The van der Waals surface area contributed by atoms with Crippen molar-refractivity contribution in [1.29, 1.82) is 0 Å². The minimum Gasteiger partial charge on any atom is -0.388 e. The average Bonchev–Trinajstić information content (AvgIpc) is 2.36. The number of β-amino-alcohol motifs (C(OH)–C–C–N with tert-alkyl or cyclic N) is 1. The highest BCUT2D eigenvalue weighted by atomic mass is 19.1. The van der Waals surface area contributed by atoms with Gasteiger partial charge in [0.05, 0.1) is 10.5 Å². The first-order chi connectivity index (χ1) is 9.30. The van der Waals surface area contributed by atoms with E-state index in [1.165, 1.54) is 4.90 Å². The zero-order valence-corrected chi connectivity index (χ0v) is 11.0. The average molecular weight is 282 g/mol. The molecule has 0 aliphatic carbocycles. The van der Waals surface area contributed by atoms with Gasteiger partial charge in [0.2, 0.25) is 0 Å². The predicted octanol–water partition coefficient (Wildman–Crippen LogP) is 1.72. The number of halogens is 1. The number of nitro groups is 1. The molecule has 1 aliphatic rings. The van der Waals surface area contributed by atoms with Crippen molar-refractivity contribution in [2.45, 2.75) is 25.4 Å². The van der Waals surface area contributed by atoms with Crippen molar-refractivity contribution in [2.75, 3.05) is 13.1 Å². The lowest BCUT2D eigenvalue weighted by Crippen LogP contribution is -2.48. The van der Waals surface area contributed by atoms with Crippen molar-refractivity contribution >= 4 is 11.6 Å². The number of nitrogens with zero attached hydrogens (tertiary/aromatic N) is 2. The summed E-state index contributed by atoms with van der Waals surface area (Å²) < 4.78 is 13.2. The summed E-state index contributed by atoms with van der Waals surface area (Å²) in [5.74, 6) is -1.33. The SMILES string of the molecule is CC1(O)CCCN(C(=O)c2cc(F)ccc2[N+](=O)[O-])C1. The molecule has 20 heavy (non-hydrogen) atoms. The Bertz CT molecular complexity index is 559. The van der Waals surface area contributed by atoms with Crippen LogP contribution in [-0.4, -0.2) is 39.5 Å². The zero-order valence-electron chi connectivity index (χ0n) is 11.0. The van der Waals surface area contributed by atoms with Crippen LogP contribution >= 0.6 is 0 Å². The number of carbonyl (C=O) groups excluding carboxylic acids is 1. The number of aliphatic hydroxyl groups is 1. The molecule has 1 aromatic carbocycles. The number of rotatable bonds is 2. The number of carbonyl (C=O) groups is 1. The molecule has 0 radical (unpaired) electrons. The Hall–Kier alpha value is -2.02. The molecule has 0 aromatic heterocycles. The molecule has 1 aliphatic heterocycles. The van der Waals surface area contributed by atoms with E-state index < -0.39 is 27.9 Å². The van der Waals surface area contributed by atoms with E-state index in [0.717, 1.165) is 18.2 Å². The van der Waals surface area contributed by atoms with Crippen LogP contribution in [0.25, 0.3) is 0 Å². The molecule has 1 N–H and O–H groups in total. The molecule has 1 saturated heterocycles. The zero-order chi connectivity index (χ0) is 14.9. The van der Waals surface area contributed by atoms with Gasteiger partial charge in [0.15, 0.2) is 0 Å². The van der Waals surface area contributed by atoms with E-state index in [4.69, 9.17) is 0 Å². The predicted molar refractivity (Wildman–Crippen MR) is 68.8 cm³/mol. The first-order valence-electron chi connectivity index (χ1n) is 6.26. The Labute approximate surface area is 115 Å². The minimum absolute atomic E-state index is 0.0828. The third-order valence-electron chi connectivity index (χ3n) is 3.35. The van der Waals surface area contributed by atoms with Crippen LogP contribution in [0.1, 0.15) is 30.1 Å². The van der Waals surface area contributed by atoms with Gasteiger partial charge >= 0.3 is 0 Å². The Kier molecular flexibility index (Phi) is 3.71. The van der Waals surface area contributed by atoms with E-state index in [2.05, 4.69) is 0 Å². The van der Waals surface area contributed by atoms with Crippen LogP contribution in [0.4, 0.5) is 10.1 Å². The van der Waals surface area contributed by atoms with Crippen LogP contribution in [-0.2, 0) is 0 Å². The van der Waals surface area contributed by atoms with Crippen molar-refractivity contribution in [3.05, 3.63) is 39.7 Å². The first-order valence-corrected chi connectivity index (χ1v) is 6.26. The lowest BCUT2D eigenvalue weighted by Gasteiger charge is -2.36. The molecule has 2 rings (SSSR count). The number of piperidine rings is 1. The third-order valence-corrected chi connectivity index (χ3v) is 3.35. The molecule has 1 unspecified atom stereocenters. The Morgan fingerprint density at radius 1 is 1.55 bits per heavy atom. The molecule has 1 atom stereocenters. The molecule has 0 spiro atoms. The van der Waals surface area contributed by atoms with Gasteiger partial charge in [-0.3, -0.25) is 14.9 Å². The summed E-state index contributed by atoms with van der Waals surface area (Å²) in [6.45, 7) is 2.08. The van der Waals surface area contributed by atoms with Crippen molar-refractivity contribution in [3.63, 3.8) is 0 Å². The van der Waals surface area contributed by atoms with Gasteiger partial charge in [-0.2, -0.15) is 0 Å². The first kappa shape index (κ1) is 14.4. The van der Waals surface area contributed by atoms with Gasteiger partial charge in [0, 0.05) is 19.2 Å². The molecule has 0 bridgehead atoms. The summed E-state index contributed by atoms with van der Waals surface area (Å²) >= 11 is 0. The summed E-state index contributed by atoms with van der Waals surface area (Å²) in [5, 5.41) is 20.9. The number of nitro benzene ring substituents is 1. The van der Waals surface area contributed by atoms with Gasteiger partial charge in [-0.25, -0.2) is 4.39 Å². The summed E-state index contributed by atoms with van der Waals surface area (Å²) in [6, 6.07) is 2.79. The van der Waals surface area contributed by atoms with Crippen LogP contribution in [0.15, 0.2) is 18.2 Å². The second-order valence-electron chi connectivity index (χ2n) is 5.25. The highest BCUT2D eigenvalue weighted by molar-refractivity contribution is 5.98. The number of benzene rings is 1. The summed E-state index contributed by atoms with van der Waals surface area (Å²) in [6.07, 6.45) is 1.16. The lowest BCUT2D eigenvalue weighted by molar-refractivity contribution is -0.385. The number of amides is 1. The number of likely N-dealkylation sites (tertiary alicyclic amines) is 1. The van der Waals surface area contributed by atoms with Gasteiger partial charge < -0.3 is 10.0 Å². The lowest BCUT2D eigenvalue weighted by atomic mass is 9.94. The molecular formula is C13H15FN2O4. The van der Waals surface area contributed by atoms with E-state index in [1.54, 1.807) is 6.92 Å². The van der Waals surface area contributed by atoms with Gasteiger partial charge in [-0.1, -0.05) is 0 Å². The second-order valence-corrected chi connectivity index (χ2v) is 5.25. The molecule has 7 heteroatoms. The Balaban J connectivity index is 2.33. The van der Waals surface area contributed by atoms with Gasteiger partial charge in [-0.05, 0) is 31.9 Å². The molecule has 1 amide bonds. The monoisotopic (exact) mass is 282 g/mol. The van der Waals surface area contributed by atoms with E-state index in [0.29, 0.717) is 19.4 Å². The summed E-state index contributed by atoms with van der Waals surface area (Å²) in [7, 11) is 0. The second kappa shape index (κ2) is 5.16. The van der Waals surface area contributed by atoms with Gasteiger partial charge in [0.25, 0.3) is 11.6 Å². The summed E-state index contributed by atoms with van der Waals surface area (Å²) in [4.78, 5) is 23.8. The normalized spacial score (nSPS) is 22.6. The van der Waals surface area contributed by atoms with Crippen molar-refractivity contribution in [3.8, 4) is 0 Å². The number of hydrogen-bond acceptors (Lipinski definition) is 4. The Morgan fingerprint density at radius 2 is 2.25 bits per heavy atom. The van der Waals surface area contributed by atoms with Crippen LogP contribution < -0.4 is 0 Å². The number of hydrogen-bond donors (Lipinski definition) is 1. The highest BCUT2D eigenvalue weighted by Gasteiger charge is 2.33. The molecule has 1 fully saturated rings. The van der Waals surface area contributed by atoms with Gasteiger partial charge in [0.1, 0.15) is 11.4 Å². The molecular weight excluding hydrogens is 267 g/mol. The van der Waals surface area contributed by atoms with E-state index >= 15 is 0 Å². The highest BCUT2D eigenvalue weighted by Crippen LogP contribution is 2.25. The van der Waals surface area contributed by atoms with Crippen molar-refractivity contribution in [1.82, 2.24) is 4.90 Å². The fraction of sp³-hybridized carbons (Fsp3) is 0.462. The van der Waals surface area contributed by atoms with Crippen LogP contribution in [0.2, 0.25) is 0 Å². The molecule has 0 saturated carbocycles. The van der Waals surface area contributed by atoms with E-state index in [1.807, 2.05) is 0 Å². The minimum atomic E-state index is -1.02. The van der Waals surface area contributed by atoms with Crippen molar-refractivity contribution in [2.24, 2.45) is 0 Å². The fourth-order valence-electron chi connectivity index (χ4n) is 2.40. The van der Waals surface area contributed by atoms with Crippen LogP contribution in [0.5, 0.6) is 0 Å². The van der Waals surface area contributed by atoms with E-state index in [9.17, 15) is 24.4 Å². The van der Waals surface area contributed by atoms with Crippen LogP contribution in [0, 0.1) is 15.9 Å². The van der Waals surface area contributed by atoms with Gasteiger partial charge in [-0.15, -0.1) is 0 Å². The van der Waals surface area contributed by atoms with E-state index in [-0.39, 0.29) is 12.1 Å². The molecule has 6 nitrogen and oxygen atoms in total. The maximum Gasteiger partial charge on any atom is 0.282 e. The topological polar surface area (TPSA) is 83.7 Å². The molecule has 1 aromatic rings. The third kappa shape index (κ3) is 2.93. The maximum atomic E-state index is 13.2. The smallest absolute Gasteiger partial charge is 0.282 e. The fourth-order valence-corrected chi connectivity index (χ4v) is 2.40. The largest absolute Gasteiger partial charge is 0.388 e. The maximum absolute atomic E-state index is 13.2. The Morgan fingerprint density at radius 3 is 2.85 bits per heavy atom. The molecule has 108 valence electrons.